The Morgan fingerprint density at radius 3 is 2.82 bits per heavy atom. The van der Waals surface area contributed by atoms with Gasteiger partial charge >= 0.3 is 0 Å². The fraction of sp³-hybridized carbons (Fsp3) is 0.588. The largest absolute Gasteiger partial charge is 0.492 e. The van der Waals surface area contributed by atoms with E-state index in [9.17, 15) is 4.79 Å². The number of carbonyl (C=O) groups is 1. The minimum absolute atomic E-state index is 0.104. The van der Waals surface area contributed by atoms with Crippen LogP contribution in [0.4, 0.5) is 0 Å². The van der Waals surface area contributed by atoms with E-state index in [1.54, 1.807) is 0 Å². The van der Waals surface area contributed by atoms with E-state index in [1.807, 2.05) is 24.3 Å². The minimum atomic E-state index is 0.104. The molecule has 0 aromatic heterocycles. The molecule has 0 bridgehead atoms. The highest BCUT2D eigenvalue weighted by Gasteiger charge is 2.26. The molecule has 1 heterocycles. The maximum atomic E-state index is 12.0. The van der Waals surface area contributed by atoms with Crippen molar-refractivity contribution in [3.05, 3.63) is 29.3 Å². The molecular weight excluding hydrogens is 300 g/mol. The summed E-state index contributed by atoms with van der Waals surface area (Å²) < 4.78 is 5.82. The minimum Gasteiger partial charge on any atom is -0.492 e. The van der Waals surface area contributed by atoms with Gasteiger partial charge in [0, 0.05) is 17.6 Å². The van der Waals surface area contributed by atoms with Gasteiger partial charge in [-0.05, 0) is 49.6 Å². The highest BCUT2D eigenvalue weighted by Crippen LogP contribution is 2.20. The summed E-state index contributed by atoms with van der Waals surface area (Å²) in [5.74, 6) is 1.40. The zero-order valence-corrected chi connectivity index (χ0v) is 14.1. The van der Waals surface area contributed by atoms with E-state index in [4.69, 9.17) is 16.3 Å². The Bertz CT molecular complexity index is 476. The molecule has 1 N–H and O–H groups in total. The van der Waals surface area contributed by atoms with Gasteiger partial charge in [-0.25, -0.2) is 0 Å². The van der Waals surface area contributed by atoms with Crippen molar-refractivity contribution < 1.29 is 9.53 Å². The van der Waals surface area contributed by atoms with Crippen LogP contribution < -0.4 is 10.1 Å². The zero-order chi connectivity index (χ0) is 15.9. The summed E-state index contributed by atoms with van der Waals surface area (Å²) in [6.45, 7) is 6.96. The Morgan fingerprint density at radius 2 is 2.14 bits per heavy atom. The number of nitrogens with one attached hydrogen (secondary N) is 1. The Balaban J connectivity index is 1.77. The molecule has 2 rings (SSSR count). The average Bonchev–Trinajstić information content (AvgIpc) is 2.92. The van der Waals surface area contributed by atoms with Gasteiger partial charge in [-0.2, -0.15) is 0 Å². The Hall–Kier alpha value is -1.26. The fourth-order valence-corrected chi connectivity index (χ4v) is 2.70. The number of benzene rings is 1. The first-order chi connectivity index (χ1) is 10.5. The average molecular weight is 325 g/mol. The molecule has 0 spiro atoms. The molecular formula is C17H25ClN2O2. The quantitative estimate of drug-likeness (QED) is 0.838. The molecule has 1 fully saturated rings. The number of carbonyl (C=O) groups excluding carboxylic acids is 1. The number of rotatable bonds is 7. The smallest absolute Gasteiger partial charge is 0.234 e. The molecule has 4 nitrogen and oxygen atoms in total. The second kappa shape index (κ2) is 8.39. The second-order valence-electron chi connectivity index (χ2n) is 6.23. The van der Waals surface area contributed by atoms with Crippen molar-refractivity contribution in [3.63, 3.8) is 0 Å². The standard InChI is InChI=1S/C17H25ClN2O2/c1-13(2)10-19-17(21)11-20-9-3-4-15(20)12-22-16-7-5-14(18)6-8-16/h5-8,13,15H,3-4,9-12H2,1-2H3,(H,19,21)/t15-/m1/s1. The molecule has 0 unspecified atom stereocenters. The van der Waals surface area contributed by atoms with E-state index in [1.165, 1.54) is 0 Å². The van der Waals surface area contributed by atoms with Crippen LogP contribution in [-0.2, 0) is 4.79 Å². The molecule has 1 aliphatic heterocycles. The first-order valence-corrected chi connectivity index (χ1v) is 8.31. The normalized spacial score (nSPS) is 18.6. The van der Waals surface area contributed by atoms with Gasteiger partial charge in [0.15, 0.2) is 0 Å². The SMILES string of the molecule is CC(C)CNC(=O)CN1CCC[C@@H]1COc1ccc(Cl)cc1. The maximum Gasteiger partial charge on any atom is 0.234 e. The van der Waals surface area contributed by atoms with Crippen molar-refractivity contribution >= 4 is 17.5 Å². The van der Waals surface area contributed by atoms with Gasteiger partial charge in [0.25, 0.3) is 0 Å². The number of likely N-dealkylation sites (tertiary alicyclic amines) is 1. The van der Waals surface area contributed by atoms with Crippen LogP contribution in [0.1, 0.15) is 26.7 Å². The molecule has 0 aliphatic carbocycles. The second-order valence-corrected chi connectivity index (χ2v) is 6.67. The van der Waals surface area contributed by atoms with E-state index in [0.29, 0.717) is 30.1 Å². The van der Waals surface area contributed by atoms with Crippen LogP contribution in [-0.4, -0.2) is 43.1 Å². The van der Waals surface area contributed by atoms with Crippen LogP contribution in [0.3, 0.4) is 0 Å². The lowest BCUT2D eigenvalue weighted by Gasteiger charge is -2.24. The Kier molecular flexibility index (Phi) is 6.52. The first kappa shape index (κ1) is 17.1. The van der Waals surface area contributed by atoms with Crippen molar-refractivity contribution in [2.45, 2.75) is 32.7 Å². The number of nitrogens with zero attached hydrogens (tertiary/aromatic N) is 1. The third-order valence-electron chi connectivity index (χ3n) is 3.81. The number of ether oxygens (including phenoxy) is 1. The molecule has 1 aromatic carbocycles. The zero-order valence-electron chi connectivity index (χ0n) is 13.3. The number of amides is 1. The highest BCUT2D eigenvalue weighted by molar-refractivity contribution is 6.30. The number of hydrogen-bond donors (Lipinski definition) is 1. The third-order valence-corrected chi connectivity index (χ3v) is 4.06. The van der Waals surface area contributed by atoms with Gasteiger partial charge in [-0.3, -0.25) is 9.69 Å². The van der Waals surface area contributed by atoms with Crippen molar-refractivity contribution in [2.75, 3.05) is 26.2 Å². The van der Waals surface area contributed by atoms with Gasteiger partial charge in [-0.1, -0.05) is 25.4 Å². The number of hydrogen-bond acceptors (Lipinski definition) is 3. The lowest BCUT2D eigenvalue weighted by atomic mass is 10.2. The van der Waals surface area contributed by atoms with Crippen LogP contribution >= 0.6 is 11.6 Å². The summed E-state index contributed by atoms with van der Waals surface area (Å²) >= 11 is 5.86. The fourth-order valence-electron chi connectivity index (χ4n) is 2.57. The maximum absolute atomic E-state index is 12.0. The lowest BCUT2D eigenvalue weighted by Crippen LogP contribution is -2.42. The van der Waals surface area contributed by atoms with Crippen molar-refractivity contribution in [2.24, 2.45) is 5.92 Å². The molecule has 1 amide bonds. The molecule has 1 aliphatic rings. The molecule has 1 saturated heterocycles. The first-order valence-electron chi connectivity index (χ1n) is 7.93. The monoisotopic (exact) mass is 324 g/mol. The predicted octanol–water partition coefficient (Wildman–Crippen LogP) is 2.96. The summed E-state index contributed by atoms with van der Waals surface area (Å²) in [6.07, 6.45) is 2.19. The van der Waals surface area contributed by atoms with Crippen molar-refractivity contribution in [1.82, 2.24) is 10.2 Å². The summed E-state index contributed by atoms with van der Waals surface area (Å²) in [6, 6.07) is 7.69. The van der Waals surface area contributed by atoms with Gasteiger partial charge in [0.05, 0.1) is 6.54 Å². The summed E-state index contributed by atoms with van der Waals surface area (Å²) in [7, 11) is 0. The van der Waals surface area contributed by atoms with E-state index >= 15 is 0 Å². The van der Waals surface area contributed by atoms with Crippen LogP contribution in [0.5, 0.6) is 5.75 Å². The van der Waals surface area contributed by atoms with Gasteiger partial charge in [0.1, 0.15) is 12.4 Å². The summed E-state index contributed by atoms with van der Waals surface area (Å²) in [5, 5.41) is 3.68. The van der Waals surface area contributed by atoms with Gasteiger partial charge < -0.3 is 10.1 Å². The Morgan fingerprint density at radius 1 is 1.41 bits per heavy atom. The topological polar surface area (TPSA) is 41.6 Å². The number of halogens is 1. The van der Waals surface area contributed by atoms with Crippen molar-refractivity contribution in [1.29, 1.82) is 0 Å². The third kappa shape index (κ3) is 5.50. The van der Waals surface area contributed by atoms with E-state index in [0.717, 1.165) is 31.7 Å². The Labute approximate surface area is 137 Å². The van der Waals surface area contributed by atoms with Crippen LogP contribution in [0.25, 0.3) is 0 Å². The van der Waals surface area contributed by atoms with Gasteiger partial charge in [0.2, 0.25) is 5.91 Å². The van der Waals surface area contributed by atoms with Crippen molar-refractivity contribution in [3.8, 4) is 5.75 Å². The van der Waals surface area contributed by atoms with Crippen LogP contribution in [0, 0.1) is 5.92 Å². The van der Waals surface area contributed by atoms with Crippen LogP contribution in [0.2, 0.25) is 5.02 Å². The predicted molar refractivity (Wildman–Crippen MR) is 89.4 cm³/mol. The molecule has 5 heteroatoms. The molecule has 1 atom stereocenters. The van der Waals surface area contributed by atoms with E-state index in [2.05, 4.69) is 24.1 Å². The summed E-state index contributed by atoms with van der Waals surface area (Å²) in [4.78, 5) is 14.2. The van der Waals surface area contributed by atoms with Crippen LogP contribution in [0.15, 0.2) is 24.3 Å². The van der Waals surface area contributed by atoms with Gasteiger partial charge in [-0.15, -0.1) is 0 Å². The summed E-state index contributed by atoms with van der Waals surface area (Å²) in [5.41, 5.74) is 0. The molecule has 122 valence electrons. The molecule has 0 radical (unpaired) electrons. The molecule has 1 aromatic rings. The van der Waals surface area contributed by atoms with E-state index in [-0.39, 0.29) is 5.91 Å². The lowest BCUT2D eigenvalue weighted by molar-refractivity contribution is -0.122. The molecule has 0 saturated carbocycles. The molecule has 22 heavy (non-hydrogen) atoms. The highest BCUT2D eigenvalue weighted by atomic mass is 35.5. The van der Waals surface area contributed by atoms with E-state index < -0.39 is 0 Å².